The highest BCUT2D eigenvalue weighted by atomic mass is 16.7. The number of hydrogen-bond donors (Lipinski definition) is 6. The number of aliphatic hydroxyl groups excluding tert-OH is 4. The Bertz CT molecular complexity index is 1630. The molecule has 11 nitrogen and oxygen atoms in total. The van der Waals surface area contributed by atoms with Crippen molar-refractivity contribution in [2.24, 2.45) is 0 Å². The largest absolute Gasteiger partial charge is 0.508 e. The standard InChI is InChI=1S/C31H34O11/c1-14(2)5-7-18-24(35)23-19(34)12-21-17(9-10-31(3,4)42-21)29(23)41-28(18)16-8-6-15(33)11-20(16)39-30-27(38)26(37)25(36)22(13-32)40-30/h5-6,8-12,22,25-27,30,32-34,36-38H,7,13H2,1-4H3. The number of rotatable bonds is 6. The number of benzene rings is 2. The third-order valence-electron chi connectivity index (χ3n) is 7.28. The second-order valence-corrected chi connectivity index (χ2v) is 11.3. The van der Waals surface area contributed by atoms with Crippen LogP contribution in [0.25, 0.3) is 28.4 Å². The summed E-state index contributed by atoms with van der Waals surface area (Å²) in [7, 11) is 0. The van der Waals surface area contributed by atoms with Crippen LogP contribution in [-0.2, 0) is 11.2 Å². The average molecular weight is 583 g/mol. The van der Waals surface area contributed by atoms with Crippen LogP contribution < -0.4 is 14.9 Å². The molecular formula is C31H34O11. The minimum absolute atomic E-state index is 0.0298. The van der Waals surface area contributed by atoms with E-state index in [4.69, 9.17) is 18.6 Å². The molecule has 5 unspecified atom stereocenters. The maximum Gasteiger partial charge on any atom is 0.229 e. The van der Waals surface area contributed by atoms with Crippen LogP contribution in [0.1, 0.15) is 38.8 Å². The highest BCUT2D eigenvalue weighted by Gasteiger charge is 2.45. The van der Waals surface area contributed by atoms with Gasteiger partial charge in [-0.15, -0.1) is 0 Å². The van der Waals surface area contributed by atoms with Gasteiger partial charge in [0, 0.05) is 17.7 Å². The van der Waals surface area contributed by atoms with Gasteiger partial charge < -0.3 is 49.3 Å². The van der Waals surface area contributed by atoms with Crippen molar-refractivity contribution in [2.45, 2.75) is 70.4 Å². The second-order valence-electron chi connectivity index (χ2n) is 11.3. The van der Waals surface area contributed by atoms with Crippen molar-refractivity contribution in [3.8, 4) is 34.3 Å². The number of aromatic hydroxyl groups is 2. The summed E-state index contributed by atoms with van der Waals surface area (Å²) in [5.41, 5.74) is 0.673. The minimum atomic E-state index is -1.72. The van der Waals surface area contributed by atoms with Crippen LogP contribution in [-0.4, -0.2) is 73.6 Å². The number of phenols is 2. The van der Waals surface area contributed by atoms with Gasteiger partial charge in [0.2, 0.25) is 11.7 Å². The Balaban J connectivity index is 1.73. The fraction of sp³-hybridized carbons (Fsp3) is 0.387. The van der Waals surface area contributed by atoms with Gasteiger partial charge in [0.25, 0.3) is 0 Å². The molecule has 2 aromatic carbocycles. The predicted octanol–water partition coefficient (Wildman–Crippen LogP) is 2.74. The lowest BCUT2D eigenvalue weighted by Gasteiger charge is -2.39. The topological polar surface area (TPSA) is 179 Å². The van der Waals surface area contributed by atoms with Crippen molar-refractivity contribution in [2.75, 3.05) is 6.61 Å². The van der Waals surface area contributed by atoms with E-state index in [0.29, 0.717) is 11.3 Å². The monoisotopic (exact) mass is 582 g/mol. The van der Waals surface area contributed by atoms with Gasteiger partial charge in [-0.1, -0.05) is 11.6 Å². The molecule has 0 bridgehead atoms. The Morgan fingerprint density at radius 3 is 2.50 bits per heavy atom. The Morgan fingerprint density at radius 2 is 1.81 bits per heavy atom. The number of allylic oxidation sites excluding steroid dienone is 2. The van der Waals surface area contributed by atoms with E-state index in [1.165, 1.54) is 24.3 Å². The molecule has 0 amide bonds. The summed E-state index contributed by atoms with van der Waals surface area (Å²) in [4.78, 5) is 14.0. The molecule has 0 radical (unpaired) electrons. The lowest BCUT2D eigenvalue weighted by Crippen LogP contribution is -2.60. The first kappa shape index (κ1) is 29.6. The van der Waals surface area contributed by atoms with Gasteiger partial charge in [-0.05, 0) is 58.4 Å². The molecule has 2 aliphatic heterocycles. The average Bonchev–Trinajstić information content (AvgIpc) is 2.91. The van der Waals surface area contributed by atoms with Gasteiger partial charge in [0.05, 0.1) is 17.7 Å². The van der Waals surface area contributed by atoms with E-state index in [-0.39, 0.29) is 51.5 Å². The summed E-state index contributed by atoms with van der Waals surface area (Å²) < 4.78 is 23.8. The first-order valence-electron chi connectivity index (χ1n) is 13.5. The molecule has 0 aliphatic carbocycles. The maximum atomic E-state index is 14.0. The quantitative estimate of drug-likeness (QED) is 0.235. The van der Waals surface area contributed by atoms with E-state index in [2.05, 4.69) is 0 Å². The molecule has 42 heavy (non-hydrogen) atoms. The zero-order chi connectivity index (χ0) is 30.5. The van der Waals surface area contributed by atoms with Crippen LogP contribution in [0.15, 0.2) is 51.2 Å². The van der Waals surface area contributed by atoms with Crippen LogP contribution in [0.5, 0.6) is 23.0 Å². The van der Waals surface area contributed by atoms with Gasteiger partial charge in [0.15, 0.2) is 5.58 Å². The predicted molar refractivity (Wildman–Crippen MR) is 153 cm³/mol. The van der Waals surface area contributed by atoms with E-state index in [0.717, 1.165) is 5.57 Å². The molecule has 0 saturated carbocycles. The second kappa shape index (κ2) is 11.1. The summed E-state index contributed by atoms with van der Waals surface area (Å²) in [6.07, 6.45) is -2.30. The first-order chi connectivity index (χ1) is 19.8. The third-order valence-corrected chi connectivity index (χ3v) is 7.28. The van der Waals surface area contributed by atoms with Crippen LogP contribution in [0, 0.1) is 0 Å². The molecule has 3 aromatic rings. The highest BCUT2D eigenvalue weighted by Crippen LogP contribution is 2.43. The van der Waals surface area contributed by atoms with E-state index in [1.807, 2.05) is 33.8 Å². The molecule has 0 spiro atoms. The Morgan fingerprint density at radius 1 is 1.07 bits per heavy atom. The lowest BCUT2D eigenvalue weighted by atomic mass is 9.96. The number of ether oxygens (including phenoxy) is 3. The van der Waals surface area contributed by atoms with E-state index in [1.54, 1.807) is 12.2 Å². The van der Waals surface area contributed by atoms with Crippen molar-refractivity contribution in [1.82, 2.24) is 0 Å². The van der Waals surface area contributed by atoms with Crippen molar-refractivity contribution in [1.29, 1.82) is 0 Å². The maximum absolute atomic E-state index is 14.0. The Hall–Kier alpha value is -3.87. The Kier molecular flexibility index (Phi) is 7.82. The summed E-state index contributed by atoms with van der Waals surface area (Å²) in [6, 6.07) is 5.41. The lowest BCUT2D eigenvalue weighted by molar-refractivity contribution is -0.277. The number of fused-ring (bicyclic) bond motifs is 3. The molecule has 1 saturated heterocycles. The molecule has 3 heterocycles. The van der Waals surface area contributed by atoms with Crippen molar-refractivity contribution >= 4 is 17.0 Å². The summed E-state index contributed by atoms with van der Waals surface area (Å²) in [6.45, 7) is 6.77. The molecular weight excluding hydrogens is 548 g/mol. The fourth-order valence-electron chi connectivity index (χ4n) is 5.02. The zero-order valence-corrected chi connectivity index (χ0v) is 23.6. The molecule has 5 atom stereocenters. The number of aliphatic hydroxyl groups is 4. The highest BCUT2D eigenvalue weighted by molar-refractivity contribution is 5.95. The molecule has 5 rings (SSSR count). The number of phenolic OH excluding ortho intramolecular Hbond substituents is 2. The van der Waals surface area contributed by atoms with E-state index < -0.39 is 48.3 Å². The fourth-order valence-corrected chi connectivity index (χ4v) is 5.02. The van der Waals surface area contributed by atoms with Crippen LogP contribution in [0.2, 0.25) is 0 Å². The Labute approximate surface area is 241 Å². The van der Waals surface area contributed by atoms with Crippen LogP contribution >= 0.6 is 0 Å². The van der Waals surface area contributed by atoms with Gasteiger partial charge in [-0.25, -0.2) is 0 Å². The molecule has 1 aromatic heterocycles. The van der Waals surface area contributed by atoms with Crippen LogP contribution in [0.3, 0.4) is 0 Å². The van der Waals surface area contributed by atoms with Crippen LogP contribution in [0.4, 0.5) is 0 Å². The summed E-state index contributed by atoms with van der Waals surface area (Å²) in [5.74, 6) is -0.224. The SMILES string of the molecule is CC(C)=CCc1c(-c2ccc(O)cc2OC2OC(CO)C(O)C(O)C2O)oc2c3c(cc(O)c2c1=O)OC(C)(C)C=C3. The molecule has 11 heteroatoms. The van der Waals surface area contributed by atoms with Gasteiger partial charge in [-0.3, -0.25) is 4.79 Å². The number of hydrogen-bond acceptors (Lipinski definition) is 11. The zero-order valence-electron chi connectivity index (χ0n) is 23.6. The van der Waals surface area contributed by atoms with Crippen molar-refractivity contribution < 1.29 is 49.3 Å². The first-order valence-corrected chi connectivity index (χ1v) is 13.5. The molecule has 1 fully saturated rings. The minimum Gasteiger partial charge on any atom is -0.508 e. The van der Waals surface area contributed by atoms with Crippen molar-refractivity contribution in [3.63, 3.8) is 0 Å². The van der Waals surface area contributed by atoms with Crippen molar-refractivity contribution in [3.05, 3.63) is 63.3 Å². The molecule has 2 aliphatic rings. The normalized spacial score (nSPS) is 24.6. The molecule has 224 valence electrons. The summed E-state index contributed by atoms with van der Waals surface area (Å²) >= 11 is 0. The summed E-state index contributed by atoms with van der Waals surface area (Å²) in [5, 5.41) is 61.8. The van der Waals surface area contributed by atoms with E-state index in [9.17, 15) is 35.4 Å². The smallest absolute Gasteiger partial charge is 0.229 e. The third kappa shape index (κ3) is 5.37. The van der Waals surface area contributed by atoms with E-state index >= 15 is 0 Å². The van der Waals surface area contributed by atoms with Gasteiger partial charge in [0.1, 0.15) is 64.2 Å². The van der Waals surface area contributed by atoms with Gasteiger partial charge in [-0.2, -0.15) is 0 Å². The van der Waals surface area contributed by atoms with Gasteiger partial charge >= 0.3 is 0 Å². The molecule has 6 N–H and O–H groups in total.